The van der Waals surface area contributed by atoms with Gasteiger partial charge in [-0.15, -0.1) is 0 Å². The van der Waals surface area contributed by atoms with E-state index in [4.69, 9.17) is 21.1 Å². The maximum absolute atomic E-state index is 13.7. The lowest BCUT2D eigenvalue weighted by molar-refractivity contribution is 0.0188. The number of benzene rings is 2. The average molecular weight is 497 g/mol. The fourth-order valence-electron chi connectivity index (χ4n) is 4.48. The van der Waals surface area contributed by atoms with Crippen molar-refractivity contribution in [2.75, 3.05) is 20.2 Å². The molecule has 3 aromatic rings. The molecule has 9 heteroatoms. The van der Waals surface area contributed by atoms with E-state index in [9.17, 15) is 14.9 Å². The molecular weight excluding hydrogens is 468 g/mol. The van der Waals surface area contributed by atoms with E-state index in [0.717, 1.165) is 11.1 Å². The van der Waals surface area contributed by atoms with Crippen molar-refractivity contribution in [2.24, 2.45) is 0 Å². The van der Waals surface area contributed by atoms with Crippen molar-refractivity contribution in [1.29, 1.82) is 5.26 Å². The molecule has 4 rings (SSSR count). The number of aromatic nitrogens is 2. The van der Waals surface area contributed by atoms with E-state index in [1.165, 1.54) is 0 Å². The van der Waals surface area contributed by atoms with Crippen LogP contribution in [0.3, 0.4) is 0 Å². The normalized spacial score (nSPS) is 14.7. The van der Waals surface area contributed by atoms with Gasteiger partial charge in [0, 0.05) is 19.1 Å². The smallest absolute Gasteiger partial charge is 0.410 e. The van der Waals surface area contributed by atoms with Gasteiger partial charge < -0.3 is 14.4 Å². The second-order valence-electron chi connectivity index (χ2n) is 9.72. The molecule has 0 saturated carbocycles. The van der Waals surface area contributed by atoms with Crippen molar-refractivity contribution in [3.63, 3.8) is 0 Å². The van der Waals surface area contributed by atoms with Crippen LogP contribution in [0.25, 0.3) is 11.0 Å². The molecular formula is C26H29ClN4O4. The van der Waals surface area contributed by atoms with Crippen molar-refractivity contribution in [1.82, 2.24) is 14.0 Å². The first kappa shape index (κ1) is 24.7. The highest BCUT2D eigenvalue weighted by atomic mass is 35.5. The molecule has 1 aliphatic heterocycles. The minimum absolute atomic E-state index is 0.0719. The number of halogens is 1. The van der Waals surface area contributed by atoms with Crippen LogP contribution < -0.4 is 10.4 Å². The highest BCUT2D eigenvalue weighted by Gasteiger charge is 2.30. The molecule has 1 fully saturated rings. The highest BCUT2D eigenvalue weighted by Crippen LogP contribution is 2.29. The van der Waals surface area contributed by atoms with E-state index in [0.29, 0.717) is 54.3 Å². The van der Waals surface area contributed by atoms with Crippen LogP contribution >= 0.6 is 11.6 Å². The number of carbonyl (C=O) groups excluding carboxylic acids is 1. The summed E-state index contributed by atoms with van der Waals surface area (Å²) in [5.74, 6) is 0.564. The molecule has 35 heavy (non-hydrogen) atoms. The zero-order valence-electron chi connectivity index (χ0n) is 20.4. The number of nitrogens with zero attached hydrogens (tertiary/aromatic N) is 4. The number of rotatable bonds is 4. The quantitative estimate of drug-likeness (QED) is 0.509. The average Bonchev–Trinajstić information content (AvgIpc) is 3.08. The number of ether oxygens (including phenoxy) is 2. The number of carbonyl (C=O) groups is 1. The minimum Gasteiger partial charge on any atom is -0.495 e. The highest BCUT2D eigenvalue weighted by molar-refractivity contribution is 6.32. The van der Waals surface area contributed by atoms with Crippen LogP contribution in [0.5, 0.6) is 5.75 Å². The molecule has 1 aromatic heterocycles. The van der Waals surface area contributed by atoms with Crippen molar-refractivity contribution in [2.45, 2.75) is 51.8 Å². The van der Waals surface area contributed by atoms with Crippen LogP contribution in [0, 0.1) is 11.3 Å². The fraction of sp³-hybridized carbons (Fsp3) is 0.423. The van der Waals surface area contributed by atoms with Gasteiger partial charge in [0.15, 0.2) is 0 Å². The van der Waals surface area contributed by atoms with Gasteiger partial charge in [0.25, 0.3) is 0 Å². The van der Waals surface area contributed by atoms with Crippen LogP contribution in [-0.4, -0.2) is 45.9 Å². The van der Waals surface area contributed by atoms with Crippen molar-refractivity contribution >= 4 is 28.7 Å². The topological polar surface area (TPSA) is 89.5 Å². The molecule has 2 aromatic carbocycles. The molecule has 0 aliphatic carbocycles. The monoisotopic (exact) mass is 496 g/mol. The van der Waals surface area contributed by atoms with Gasteiger partial charge in [-0.05, 0) is 69.5 Å². The summed E-state index contributed by atoms with van der Waals surface area (Å²) >= 11 is 6.30. The number of hydrogen-bond donors (Lipinski definition) is 0. The molecule has 0 bridgehead atoms. The van der Waals surface area contributed by atoms with Crippen molar-refractivity contribution in [3.8, 4) is 11.8 Å². The third-order valence-electron chi connectivity index (χ3n) is 6.13. The number of amides is 1. The number of imidazole rings is 1. The largest absolute Gasteiger partial charge is 0.495 e. The molecule has 184 valence electrons. The van der Waals surface area contributed by atoms with Gasteiger partial charge >= 0.3 is 11.8 Å². The number of piperidine rings is 1. The Morgan fingerprint density at radius 2 is 1.86 bits per heavy atom. The predicted octanol–water partition coefficient (Wildman–Crippen LogP) is 4.96. The Hall–Kier alpha value is -3.44. The van der Waals surface area contributed by atoms with Gasteiger partial charge in [-0.3, -0.25) is 9.13 Å². The maximum atomic E-state index is 13.7. The molecule has 0 N–H and O–H groups in total. The fourth-order valence-corrected chi connectivity index (χ4v) is 4.76. The lowest BCUT2D eigenvalue weighted by Gasteiger charge is -2.33. The summed E-state index contributed by atoms with van der Waals surface area (Å²) in [5, 5.41) is 9.90. The second-order valence-corrected chi connectivity index (χ2v) is 10.1. The van der Waals surface area contributed by atoms with E-state index in [1.807, 2.05) is 32.9 Å². The Morgan fingerprint density at radius 3 is 2.46 bits per heavy atom. The number of hydrogen-bond acceptors (Lipinski definition) is 5. The van der Waals surface area contributed by atoms with Gasteiger partial charge in [0.1, 0.15) is 11.4 Å². The molecule has 0 spiro atoms. The summed E-state index contributed by atoms with van der Waals surface area (Å²) in [5.41, 5.74) is 2.08. The standard InChI is InChI=1S/C26H29ClN4O4/c1-26(2,3)35-25(33)29-11-9-19(10-12-29)31-21-7-5-17(15-28)14-22(21)30(24(31)32)16-18-6-8-23(34-4)20(27)13-18/h5-8,13-14,19H,9-12,16H2,1-4H3. The summed E-state index contributed by atoms with van der Waals surface area (Å²) in [4.78, 5) is 27.8. The predicted molar refractivity (Wildman–Crippen MR) is 134 cm³/mol. The Kier molecular flexibility index (Phi) is 6.82. The van der Waals surface area contributed by atoms with Crippen LogP contribution in [0.4, 0.5) is 4.79 Å². The van der Waals surface area contributed by atoms with Crippen LogP contribution in [0.1, 0.15) is 50.8 Å². The molecule has 2 heterocycles. The number of methoxy groups -OCH3 is 1. The van der Waals surface area contributed by atoms with Crippen LogP contribution in [0.15, 0.2) is 41.2 Å². The zero-order valence-corrected chi connectivity index (χ0v) is 21.1. The Bertz CT molecular complexity index is 1350. The zero-order chi connectivity index (χ0) is 25.3. The summed E-state index contributed by atoms with van der Waals surface area (Å²) < 4.78 is 14.2. The van der Waals surface area contributed by atoms with Gasteiger partial charge in [-0.2, -0.15) is 5.26 Å². The summed E-state index contributed by atoms with van der Waals surface area (Å²) in [6.45, 7) is 6.84. The molecule has 0 unspecified atom stereocenters. The summed E-state index contributed by atoms with van der Waals surface area (Å²) in [6, 6.07) is 12.8. The number of nitriles is 1. The van der Waals surface area contributed by atoms with Crippen molar-refractivity contribution < 1.29 is 14.3 Å². The van der Waals surface area contributed by atoms with Crippen LogP contribution in [0.2, 0.25) is 5.02 Å². The summed E-state index contributed by atoms with van der Waals surface area (Å²) in [7, 11) is 1.55. The minimum atomic E-state index is -0.554. The van der Waals surface area contributed by atoms with E-state index in [2.05, 4.69) is 6.07 Å². The lowest BCUT2D eigenvalue weighted by Crippen LogP contribution is -2.43. The van der Waals surface area contributed by atoms with Crippen molar-refractivity contribution in [3.05, 3.63) is 63.0 Å². The lowest BCUT2D eigenvalue weighted by atomic mass is 10.0. The van der Waals surface area contributed by atoms with E-state index < -0.39 is 5.60 Å². The molecule has 1 amide bonds. The van der Waals surface area contributed by atoms with Gasteiger partial charge in [0.2, 0.25) is 0 Å². The van der Waals surface area contributed by atoms with Crippen LogP contribution in [-0.2, 0) is 11.3 Å². The first-order chi connectivity index (χ1) is 16.6. The molecule has 1 saturated heterocycles. The summed E-state index contributed by atoms with van der Waals surface area (Å²) in [6.07, 6.45) is 0.931. The molecule has 8 nitrogen and oxygen atoms in total. The Morgan fingerprint density at radius 1 is 1.14 bits per heavy atom. The van der Waals surface area contributed by atoms with E-state index in [1.54, 1.807) is 45.4 Å². The number of likely N-dealkylation sites (tertiary alicyclic amines) is 1. The van der Waals surface area contributed by atoms with E-state index in [-0.39, 0.29) is 17.8 Å². The molecule has 0 atom stereocenters. The van der Waals surface area contributed by atoms with Gasteiger partial charge in [-0.25, -0.2) is 9.59 Å². The van der Waals surface area contributed by atoms with Gasteiger partial charge in [-0.1, -0.05) is 17.7 Å². The van der Waals surface area contributed by atoms with E-state index >= 15 is 0 Å². The van der Waals surface area contributed by atoms with Gasteiger partial charge in [0.05, 0.1) is 41.3 Å². The Balaban J connectivity index is 1.66. The first-order valence-electron chi connectivity index (χ1n) is 11.6. The first-order valence-corrected chi connectivity index (χ1v) is 11.9. The molecule has 0 radical (unpaired) electrons. The Labute approximate surface area is 209 Å². The third kappa shape index (κ3) is 5.15. The second kappa shape index (κ2) is 9.67. The number of fused-ring (bicyclic) bond motifs is 1. The third-order valence-corrected chi connectivity index (χ3v) is 6.43. The maximum Gasteiger partial charge on any atom is 0.410 e. The molecule has 1 aliphatic rings. The SMILES string of the molecule is COc1ccc(Cn2c(=O)n(C3CCN(C(=O)OC(C)(C)C)CC3)c3ccc(C#N)cc32)cc1Cl.